The Labute approximate surface area is 183 Å². The third kappa shape index (κ3) is 5.93. The molecule has 0 radical (unpaired) electrons. The number of hydrogen-bond acceptors (Lipinski definition) is 6. The van der Waals surface area contributed by atoms with Gasteiger partial charge in [0, 0.05) is 36.4 Å². The molecule has 7 heteroatoms. The van der Waals surface area contributed by atoms with Crippen LogP contribution in [0.5, 0.6) is 0 Å². The van der Waals surface area contributed by atoms with E-state index in [0.717, 1.165) is 24.8 Å². The van der Waals surface area contributed by atoms with Crippen LogP contribution in [0.1, 0.15) is 37.8 Å². The summed E-state index contributed by atoms with van der Waals surface area (Å²) in [5.74, 6) is -0.409. The number of likely N-dealkylation sites (N-methyl/N-ethyl adjacent to an activating group) is 1. The molecule has 1 aromatic carbocycles. The van der Waals surface area contributed by atoms with Gasteiger partial charge in [-0.1, -0.05) is 24.3 Å². The van der Waals surface area contributed by atoms with E-state index in [1.165, 1.54) is 6.07 Å². The third-order valence-electron chi connectivity index (χ3n) is 5.69. The summed E-state index contributed by atoms with van der Waals surface area (Å²) in [5, 5.41) is 0.0922. The van der Waals surface area contributed by atoms with Crippen LogP contribution < -0.4 is 0 Å². The van der Waals surface area contributed by atoms with Crippen molar-refractivity contribution in [2.24, 2.45) is 5.92 Å². The summed E-state index contributed by atoms with van der Waals surface area (Å²) < 4.78 is 19.6. The lowest BCUT2D eigenvalue weighted by Crippen LogP contribution is -2.43. The number of likely N-dealkylation sites (tertiary alicyclic amines) is 1. The quantitative estimate of drug-likeness (QED) is 0.367. The van der Waals surface area contributed by atoms with Crippen molar-refractivity contribution in [3.63, 3.8) is 0 Å². The van der Waals surface area contributed by atoms with Crippen LogP contribution >= 0.6 is 12.6 Å². The van der Waals surface area contributed by atoms with Gasteiger partial charge in [0.15, 0.2) is 5.78 Å². The number of carbonyl (C=O) groups is 2. The minimum absolute atomic E-state index is 0.0477. The van der Waals surface area contributed by atoms with Gasteiger partial charge in [0.2, 0.25) is 0 Å². The third-order valence-corrected chi connectivity index (χ3v) is 6.28. The molecule has 3 rings (SSSR count). The number of Topliss-reactive ketones (excluding diaryl/α,β-unsaturated/α-hetero) is 1. The molecule has 30 heavy (non-hydrogen) atoms. The maximum absolute atomic E-state index is 14.6. The van der Waals surface area contributed by atoms with Crippen LogP contribution in [0.4, 0.5) is 4.39 Å². The Morgan fingerprint density at radius 2 is 2.07 bits per heavy atom. The molecule has 1 saturated heterocycles. The van der Waals surface area contributed by atoms with Crippen molar-refractivity contribution in [3.8, 4) is 0 Å². The average molecular weight is 435 g/mol. The second-order valence-corrected chi connectivity index (χ2v) is 8.78. The van der Waals surface area contributed by atoms with Gasteiger partial charge < -0.3 is 4.74 Å². The number of esters is 1. The molecule has 2 fully saturated rings. The van der Waals surface area contributed by atoms with Gasteiger partial charge in [0.25, 0.3) is 0 Å². The van der Waals surface area contributed by atoms with E-state index in [0.29, 0.717) is 31.8 Å². The zero-order valence-corrected chi connectivity index (χ0v) is 18.6. The van der Waals surface area contributed by atoms with Crippen molar-refractivity contribution in [1.29, 1.82) is 0 Å². The van der Waals surface area contributed by atoms with Gasteiger partial charge >= 0.3 is 5.97 Å². The van der Waals surface area contributed by atoms with E-state index in [1.807, 2.05) is 11.9 Å². The number of hydrogen-bond donors (Lipinski definition) is 1. The monoisotopic (exact) mass is 434 g/mol. The molecule has 0 amide bonds. The van der Waals surface area contributed by atoms with Gasteiger partial charge in [0.1, 0.15) is 5.82 Å². The van der Waals surface area contributed by atoms with Gasteiger partial charge in [-0.2, -0.15) is 12.6 Å². The Morgan fingerprint density at radius 3 is 2.73 bits per heavy atom. The van der Waals surface area contributed by atoms with E-state index in [-0.39, 0.29) is 35.3 Å². The minimum atomic E-state index is -0.555. The van der Waals surface area contributed by atoms with Crippen molar-refractivity contribution in [2.45, 2.75) is 37.5 Å². The molecular formula is C23H31FN2O3S. The summed E-state index contributed by atoms with van der Waals surface area (Å²) in [6.45, 7) is 4.22. The molecular weight excluding hydrogens is 403 g/mol. The highest BCUT2D eigenvalue weighted by Gasteiger charge is 2.40. The first kappa shape index (κ1) is 23.0. The van der Waals surface area contributed by atoms with Crippen LogP contribution in [-0.4, -0.2) is 66.6 Å². The van der Waals surface area contributed by atoms with Crippen LogP contribution in [-0.2, 0) is 14.3 Å². The zero-order valence-electron chi connectivity index (χ0n) is 17.7. The van der Waals surface area contributed by atoms with Gasteiger partial charge in [-0.3, -0.25) is 19.4 Å². The minimum Gasteiger partial charge on any atom is -0.465 e. The topological polar surface area (TPSA) is 49.9 Å². The van der Waals surface area contributed by atoms with E-state index in [1.54, 1.807) is 25.1 Å². The number of benzene rings is 1. The fourth-order valence-electron chi connectivity index (χ4n) is 3.90. The van der Waals surface area contributed by atoms with Crippen molar-refractivity contribution in [3.05, 3.63) is 47.3 Å². The maximum Gasteiger partial charge on any atom is 0.320 e. The fourth-order valence-corrected chi connectivity index (χ4v) is 4.20. The Balaban J connectivity index is 1.73. The van der Waals surface area contributed by atoms with E-state index in [9.17, 15) is 14.0 Å². The molecule has 164 valence electrons. The molecule has 2 unspecified atom stereocenters. The number of ether oxygens (including phenoxy) is 1. The Bertz CT molecular complexity index is 796. The smallest absolute Gasteiger partial charge is 0.320 e. The Hall–Kier alpha value is -1.70. The van der Waals surface area contributed by atoms with Gasteiger partial charge in [-0.25, -0.2) is 4.39 Å². The van der Waals surface area contributed by atoms with Crippen molar-refractivity contribution >= 4 is 24.4 Å². The van der Waals surface area contributed by atoms with Gasteiger partial charge in [-0.15, -0.1) is 0 Å². The number of carbonyl (C=O) groups excluding carboxylic acids is 2. The summed E-state index contributed by atoms with van der Waals surface area (Å²) in [6, 6.07) is 6.04. The van der Waals surface area contributed by atoms with E-state index >= 15 is 0 Å². The van der Waals surface area contributed by atoms with Crippen molar-refractivity contribution < 1.29 is 18.7 Å². The molecule has 1 saturated carbocycles. The molecule has 0 N–H and O–H groups in total. The van der Waals surface area contributed by atoms with E-state index < -0.39 is 6.04 Å². The molecule has 1 heterocycles. The van der Waals surface area contributed by atoms with Crippen LogP contribution in [0.25, 0.3) is 0 Å². The highest BCUT2D eigenvalue weighted by Crippen LogP contribution is 2.39. The molecule has 0 aromatic heterocycles. The molecule has 5 nitrogen and oxygen atoms in total. The van der Waals surface area contributed by atoms with Crippen LogP contribution in [0, 0.1) is 11.7 Å². The number of nitrogens with zero attached hydrogens (tertiary/aromatic N) is 2. The molecule has 1 aliphatic heterocycles. The number of ketones is 1. The summed E-state index contributed by atoms with van der Waals surface area (Å²) >= 11 is 4.72. The number of piperidine rings is 1. The maximum atomic E-state index is 14.6. The van der Waals surface area contributed by atoms with Crippen LogP contribution in [0.2, 0.25) is 0 Å². The number of thiol groups is 1. The number of rotatable bonds is 9. The lowest BCUT2D eigenvalue weighted by atomic mass is 9.93. The normalized spacial score (nSPS) is 22.3. The van der Waals surface area contributed by atoms with Gasteiger partial charge in [-0.05, 0) is 44.9 Å². The second kappa shape index (κ2) is 10.6. The van der Waals surface area contributed by atoms with Crippen molar-refractivity contribution in [1.82, 2.24) is 9.80 Å². The Morgan fingerprint density at radius 1 is 1.33 bits per heavy atom. The molecule has 2 atom stereocenters. The van der Waals surface area contributed by atoms with Gasteiger partial charge in [0.05, 0.1) is 19.2 Å². The first-order chi connectivity index (χ1) is 14.4. The SMILES string of the molecule is CCOC(=O)CN(C)C/C=C1\CN(C(C(=O)C2CC2)c2ccccc2F)CCC1S. The molecule has 0 spiro atoms. The summed E-state index contributed by atoms with van der Waals surface area (Å²) in [7, 11) is 1.86. The molecule has 2 aliphatic rings. The van der Waals surface area contributed by atoms with Crippen LogP contribution in [0.15, 0.2) is 35.9 Å². The highest BCUT2D eigenvalue weighted by atomic mass is 32.1. The highest BCUT2D eigenvalue weighted by molar-refractivity contribution is 7.81. The first-order valence-corrected chi connectivity index (χ1v) is 11.2. The predicted octanol–water partition coefficient (Wildman–Crippen LogP) is 3.27. The average Bonchev–Trinajstić information content (AvgIpc) is 3.55. The first-order valence-electron chi connectivity index (χ1n) is 10.6. The largest absolute Gasteiger partial charge is 0.465 e. The Kier molecular flexibility index (Phi) is 8.08. The molecule has 0 bridgehead atoms. The van der Waals surface area contributed by atoms with Crippen molar-refractivity contribution in [2.75, 3.05) is 39.8 Å². The number of halogens is 1. The second-order valence-electron chi connectivity index (χ2n) is 8.16. The van der Waals surface area contributed by atoms with Crippen LogP contribution in [0.3, 0.4) is 0 Å². The summed E-state index contributed by atoms with van der Waals surface area (Å²) in [6.07, 6.45) is 4.66. The predicted molar refractivity (Wildman–Crippen MR) is 118 cm³/mol. The lowest BCUT2D eigenvalue weighted by molar-refractivity contribution is -0.144. The van der Waals surface area contributed by atoms with E-state index in [2.05, 4.69) is 11.0 Å². The fraction of sp³-hybridized carbons (Fsp3) is 0.565. The summed E-state index contributed by atoms with van der Waals surface area (Å²) in [4.78, 5) is 28.7. The standard InChI is InChI=1S/C23H31FN2O3S/c1-3-29-21(27)15-25(2)12-10-17-14-26(13-11-20(17)30)22(23(28)16-8-9-16)18-6-4-5-7-19(18)24/h4-7,10,16,20,22,30H,3,8-9,11-15H2,1-2H3/b17-10+. The molecule has 1 aromatic rings. The molecule has 1 aliphatic carbocycles. The zero-order chi connectivity index (χ0) is 21.7. The lowest BCUT2D eigenvalue weighted by Gasteiger charge is -2.38. The van der Waals surface area contributed by atoms with E-state index in [4.69, 9.17) is 17.4 Å². The summed E-state index contributed by atoms with van der Waals surface area (Å²) in [5.41, 5.74) is 1.57.